The van der Waals surface area contributed by atoms with Crippen molar-refractivity contribution in [3.63, 3.8) is 0 Å². The summed E-state index contributed by atoms with van der Waals surface area (Å²) in [5.74, 6) is 4.73. The van der Waals surface area contributed by atoms with Gasteiger partial charge in [0.25, 0.3) is 0 Å². The van der Waals surface area contributed by atoms with E-state index in [4.69, 9.17) is 9.98 Å². The Bertz CT molecular complexity index is 1880. The van der Waals surface area contributed by atoms with Gasteiger partial charge in [-0.3, -0.25) is 9.89 Å². The highest BCUT2D eigenvalue weighted by Gasteiger charge is 2.69. The smallest absolute Gasteiger partial charge is 0.131 e. The lowest BCUT2D eigenvalue weighted by molar-refractivity contribution is 0.122. The minimum Gasteiger partial charge on any atom is -0.289 e. The summed E-state index contributed by atoms with van der Waals surface area (Å²) in [5.41, 5.74) is 6.00. The molecule has 0 N–H and O–H groups in total. The number of hydrogen-bond acceptors (Lipinski definition) is 3. The van der Waals surface area contributed by atoms with E-state index in [-0.39, 0.29) is 23.3 Å². The molecule has 50 heavy (non-hydrogen) atoms. The maximum atomic E-state index is 5.91. The van der Waals surface area contributed by atoms with Gasteiger partial charge in [-0.15, -0.1) is 0 Å². The SMILES string of the molecule is C1=CCC(C2=NC3C(C4=CCCC=C4C34C3C=CC=CC3C3C=CC=CC34)C(C3=CCC(N4C5C=CC=CC5C5C=CCCC54)CC3)=N2)C=C1. The van der Waals surface area contributed by atoms with Crippen LogP contribution in [-0.4, -0.2) is 40.6 Å². The van der Waals surface area contributed by atoms with Crippen molar-refractivity contribution < 1.29 is 0 Å². The summed E-state index contributed by atoms with van der Waals surface area (Å²) in [7, 11) is 0. The molecule has 11 aliphatic rings. The molecule has 0 aromatic carbocycles. The summed E-state index contributed by atoms with van der Waals surface area (Å²) in [6, 6.07) is 1.96. The van der Waals surface area contributed by atoms with Crippen LogP contribution in [0.2, 0.25) is 0 Å². The first kappa shape index (κ1) is 29.9. The van der Waals surface area contributed by atoms with Crippen LogP contribution in [0.5, 0.6) is 0 Å². The van der Waals surface area contributed by atoms with E-state index in [1.807, 2.05) is 0 Å². The summed E-state index contributed by atoms with van der Waals surface area (Å²) in [6.45, 7) is 0. The highest BCUT2D eigenvalue weighted by molar-refractivity contribution is 6.13. The van der Waals surface area contributed by atoms with Crippen molar-refractivity contribution in [1.29, 1.82) is 0 Å². The Balaban J connectivity index is 1.01. The number of nitrogens with zero attached hydrogens (tertiary/aromatic N) is 3. The second-order valence-corrected chi connectivity index (χ2v) is 16.7. The summed E-state index contributed by atoms with van der Waals surface area (Å²) in [5, 5.41) is 0. The minimum atomic E-state index is -0.0535. The van der Waals surface area contributed by atoms with Crippen LogP contribution in [0.3, 0.4) is 0 Å². The van der Waals surface area contributed by atoms with Crippen LogP contribution in [0.15, 0.2) is 154 Å². The molecule has 3 heteroatoms. The number of likely N-dealkylation sites (tertiary alicyclic amines) is 1. The second kappa shape index (κ2) is 11.6. The van der Waals surface area contributed by atoms with Gasteiger partial charge in [-0.25, -0.2) is 4.99 Å². The lowest BCUT2D eigenvalue weighted by Crippen LogP contribution is -2.47. The second-order valence-electron chi connectivity index (χ2n) is 16.7. The average molecular weight is 656 g/mol. The van der Waals surface area contributed by atoms with Crippen LogP contribution in [0.1, 0.15) is 51.4 Å². The molecule has 0 aromatic heterocycles. The molecule has 12 unspecified atom stereocenters. The molecule has 0 radical (unpaired) electrons. The molecule has 252 valence electrons. The van der Waals surface area contributed by atoms with Gasteiger partial charge in [0.15, 0.2) is 0 Å². The summed E-state index contributed by atoms with van der Waals surface area (Å²) in [6.07, 6.45) is 60.3. The summed E-state index contributed by atoms with van der Waals surface area (Å²) >= 11 is 0. The highest BCUT2D eigenvalue weighted by Crippen LogP contribution is 2.71. The Labute approximate surface area is 298 Å². The molecule has 9 aliphatic carbocycles. The molecule has 12 atom stereocenters. The maximum Gasteiger partial charge on any atom is 0.131 e. The third-order valence-electron chi connectivity index (χ3n) is 14.7. The van der Waals surface area contributed by atoms with Gasteiger partial charge in [-0.05, 0) is 91.8 Å². The Kier molecular flexibility index (Phi) is 6.93. The fraction of sp³-hybridized carbons (Fsp3) is 0.447. The zero-order chi connectivity index (χ0) is 32.8. The third kappa shape index (κ3) is 4.13. The third-order valence-corrected chi connectivity index (χ3v) is 14.7. The fourth-order valence-electron chi connectivity index (χ4n) is 12.9. The van der Waals surface area contributed by atoms with Crippen LogP contribution < -0.4 is 0 Å². The van der Waals surface area contributed by atoms with E-state index >= 15 is 0 Å². The summed E-state index contributed by atoms with van der Waals surface area (Å²) in [4.78, 5) is 14.6. The van der Waals surface area contributed by atoms with Crippen molar-refractivity contribution in [2.45, 2.75) is 75.5 Å². The predicted octanol–water partition coefficient (Wildman–Crippen LogP) is 9.57. The van der Waals surface area contributed by atoms with Crippen LogP contribution >= 0.6 is 0 Å². The molecule has 2 aliphatic heterocycles. The molecule has 0 amide bonds. The first-order valence-corrected chi connectivity index (χ1v) is 19.9. The van der Waals surface area contributed by atoms with Crippen molar-refractivity contribution in [1.82, 2.24) is 4.90 Å². The number of hydrogen-bond donors (Lipinski definition) is 0. The van der Waals surface area contributed by atoms with Crippen molar-refractivity contribution in [2.75, 3.05) is 0 Å². The Morgan fingerprint density at radius 2 is 1.40 bits per heavy atom. The van der Waals surface area contributed by atoms with Gasteiger partial charge in [-0.1, -0.05) is 128 Å². The molecule has 3 nitrogen and oxygen atoms in total. The van der Waals surface area contributed by atoms with Crippen molar-refractivity contribution in [3.05, 3.63) is 144 Å². The number of aliphatic imine (C=N–C) groups is 2. The van der Waals surface area contributed by atoms with E-state index in [1.54, 1.807) is 11.1 Å². The zero-order valence-corrected chi connectivity index (χ0v) is 29.1. The van der Waals surface area contributed by atoms with E-state index in [9.17, 15) is 0 Å². The van der Waals surface area contributed by atoms with Gasteiger partial charge in [0.1, 0.15) is 5.84 Å². The number of rotatable bonds is 3. The van der Waals surface area contributed by atoms with E-state index < -0.39 is 0 Å². The van der Waals surface area contributed by atoms with Gasteiger partial charge in [-0.2, -0.15) is 0 Å². The maximum absolute atomic E-state index is 5.91. The first-order chi connectivity index (χ1) is 24.8. The van der Waals surface area contributed by atoms with Crippen LogP contribution in [0.4, 0.5) is 0 Å². The van der Waals surface area contributed by atoms with Gasteiger partial charge in [0.2, 0.25) is 0 Å². The van der Waals surface area contributed by atoms with Crippen LogP contribution in [0.25, 0.3) is 0 Å². The van der Waals surface area contributed by atoms with Crippen LogP contribution in [-0.2, 0) is 0 Å². The van der Waals surface area contributed by atoms with E-state index in [0.717, 1.165) is 37.9 Å². The molecule has 2 saturated carbocycles. The van der Waals surface area contributed by atoms with Gasteiger partial charge >= 0.3 is 0 Å². The molecular formula is C47H49N3. The first-order valence-electron chi connectivity index (χ1n) is 19.9. The lowest BCUT2D eigenvalue weighted by atomic mass is 9.62. The Morgan fingerprint density at radius 3 is 2.18 bits per heavy atom. The quantitative estimate of drug-likeness (QED) is 0.278. The number of amidine groups is 1. The predicted molar refractivity (Wildman–Crippen MR) is 206 cm³/mol. The molecular weight excluding hydrogens is 607 g/mol. The number of fused-ring (bicyclic) bond motifs is 13. The molecule has 0 bridgehead atoms. The lowest BCUT2D eigenvalue weighted by Gasteiger charge is -2.44. The topological polar surface area (TPSA) is 28.0 Å². The highest BCUT2D eigenvalue weighted by atomic mass is 15.3. The average Bonchev–Trinajstić information content (AvgIpc) is 3.80. The van der Waals surface area contributed by atoms with Gasteiger partial charge < -0.3 is 0 Å². The van der Waals surface area contributed by atoms with Gasteiger partial charge in [0, 0.05) is 47.2 Å². The standard InChI is InChI=1S/C47H49N3/c1-2-14-31(15-3-1)46-48-44(30-26-28-32(29-27-30)50-41-24-12-7-18-35(41)36-19-8-13-25-42(36)50)43-37-20-6-11-23-40(37)47(45(43)49-46)38-21-9-4-16-33(38)34-17-5-10-22-39(34)47/h1-5,7-10,12,14,16-24,26,31-36,38-39,41-43,45H,6,11,13,15,25,27-29H2. The van der Waals surface area contributed by atoms with Crippen molar-refractivity contribution >= 4 is 11.5 Å². The zero-order valence-electron chi connectivity index (χ0n) is 29.1. The van der Waals surface area contributed by atoms with Crippen molar-refractivity contribution in [2.24, 2.45) is 62.7 Å². The van der Waals surface area contributed by atoms with E-state index in [2.05, 4.69) is 132 Å². The molecule has 2 heterocycles. The fourth-order valence-corrected chi connectivity index (χ4v) is 12.9. The largest absolute Gasteiger partial charge is 0.289 e. The Hall–Kier alpha value is -3.82. The molecule has 3 fully saturated rings. The van der Waals surface area contributed by atoms with Gasteiger partial charge in [0.05, 0.1) is 11.8 Å². The van der Waals surface area contributed by atoms with E-state index in [1.165, 1.54) is 30.5 Å². The van der Waals surface area contributed by atoms with Crippen molar-refractivity contribution in [3.8, 4) is 0 Å². The minimum absolute atomic E-state index is 0.0535. The molecule has 1 saturated heterocycles. The number of allylic oxidation sites excluding steroid dienone is 17. The molecule has 1 spiro atoms. The normalized spacial score (nSPS) is 45.6. The molecule has 11 rings (SSSR count). The summed E-state index contributed by atoms with van der Waals surface area (Å²) < 4.78 is 0. The Morgan fingerprint density at radius 1 is 0.640 bits per heavy atom. The van der Waals surface area contributed by atoms with E-state index in [0.29, 0.717) is 53.6 Å². The molecule has 0 aromatic rings. The van der Waals surface area contributed by atoms with Crippen LogP contribution in [0, 0.1) is 52.8 Å². The monoisotopic (exact) mass is 655 g/mol.